The normalized spacial score (nSPS) is 11.2. The van der Waals surface area contributed by atoms with Crippen molar-refractivity contribution in [3.63, 3.8) is 0 Å². The van der Waals surface area contributed by atoms with Crippen LogP contribution in [0.1, 0.15) is 35.0 Å². The summed E-state index contributed by atoms with van der Waals surface area (Å²) in [6, 6.07) is 17.9. The maximum Gasteiger partial charge on any atom is 0.294 e. The Hall–Kier alpha value is -3.14. The van der Waals surface area contributed by atoms with Crippen LogP contribution in [0.3, 0.4) is 0 Å². The number of carbonyl (C=O) groups is 1. The molecule has 4 rings (SSSR count). The highest BCUT2D eigenvalue weighted by atomic mass is 16.4. The van der Waals surface area contributed by atoms with Crippen LogP contribution in [0.4, 0.5) is 5.69 Å². The monoisotopic (exact) mass is 358 g/mol. The topological polar surface area (TPSA) is 46.3 Å². The van der Waals surface area contributed by atoms with E-state index in [-0.39, 0.29) is 5.91 Å². The van der Waals surface area contributed by atoms with E-state index in [2.05, 4.69) is 18.0 Å². The van der Waals surface area contributed by atoms with Crippen molar-refractivity contribution in [1.29, 1.82) is 0 Å². The van der Waals surface area contributed by atoms with E-state index >= 15 is 0 Å². The van der Waals surface area contributed by atoms with Gasteiger partial charge in [-0.25, -0.2) is 4.98 Å². The third kappa shape index (κ3) is 3.19. The standard InChI is InChI=1S/C23H22N2O2/c1-4-11-25(20-8-6-5-7-16(20)3)23(26)21-14-18-13-17-10-9-15(2)12-19(17)24-22(18)27-21/h5-10,12-14H,4,11H2,1-3H3. The summed E-state index contributed by atoms with van der Waals surface area (Å²) in [5, 5.41) is 1.88. The van der Waals surface area contributed by atoms with E-state index in [1.807, 2.05) is 56.3 Å². The van der Waals surface area contributed by atoms with E-state index in [0.717, 1.165) is 39.5 Å². The SMILES string of the molecule is CCCN(C(=O)c1cc2cc3ccc(C)cc3nc2o1)c1ccccc1C. The summed E-state index contributed by atoms with van der Waals surface area (Å²) in [5.74, 6) is 0.186. The highest BCUT2D eigenvalue weighted by molar-refractivity contribution is 6.07. The quantitative estimate of drug-likeness (QED) is 0.473. The zero-order chi connectivity index (χ0) is 19.0. The van der Waals surface area contributed by atoms with Gasteiger partial charge in [0.15, 0.2) is 5.76 Å². The summed E-state index contributed by atoms with van der Waals surface area (Å²) < 4.78 is 5.86. The second kappa shape index (κ2) is 6.88. The van der Waals surface area contributed by atoms with Gasteiger partial charge < -0.3 is 9.32 Å². The maximum atomic E-state index is 13.2. The van der Waals surface area contributed by atoms with E-state index < -0.39 is 0 Å². The first-order valence-corrected chi connectivity index (χ1v) is 9.25. The Bertz CT molecular complexity index is 1140. The molecule has 4 aromatic rings. The predicted octanol–water partition coefficient (Wildman–Crippen LogP) is 5.65. The highest BCUT2D eigenvalue weighted by Crippen LogP contribution is 2.27. The molecule has 2 aromatic heterocycles. The molecule has 0 spiro atoms. The Morgan fingerprint density at radius 2 is 1.85 bits per heavy atom. The van der Waals surface area contributed by atoms with Crippen LogP contribution in [0.25, 0.3) is 22.0 Å². The molecule has 0 fully saturated rings. The van der Waals surface area contributed by atoms with Crippen molar-refractivity contribution in [2.75, 3.05) is 11.4 Å². The zero-order valence-corrected chi connectivity index (χ0v) is 15.8. The summed E-state index contributed by atoms with van der Waals surface area (Å²) in [7, 11) is 0. The molecule has 4 heteroatoms. The van der Waals surface area contributed by atoms with Gasteiger partial charge in [-0.3, -0.25) is 4.79 Å². The number of fused-ring (bicyclic) bond motifs is 2. The number of nitrogens with zero attached hydrogens (tertiary/aromatic N) is 2. The van der Waals surface area contributed by atoms with Gasteiger partial charge in [0.05, 0.1) is 5.52 Å². The number of furan rings is 1. The fourth-order valence-corrected chi connectivity index (χ4v) is 3.40. The van der Waals surface area contributed by atoms with E-state index in [9.17, 15) is 4.79 Å². The van der Waals surface area contributed by atoms with Crippen LogP contribution < -0.4 is 4.90 Å². The molecule has 0 saturated carbocycles. The van der Waals surface area contributed by atoms with Crippen LogP contribution in [0.2, 0.25) is 0 Å². The second-order valence-corrected chi connectivity index (χ2v) is 6.93. The van der Waals surface area contributed by atoms with E-state index in [0.29, 0.717) is 18.0 Å². The molecule has 0 atom stereocenters. The molecule has 0 N–H and O–H groups in total. The highest BCUT2D eigenvalue weighted by Gasteiger charge is 2.22. The van der Waals surface area contributed by atoms with Gasteiger partial charge in [0.25, 0.3) is 5.91 Å². The Morgan fingerprint density at radius 1 is 1.04 bits per heavy atom. The molecule has 0 unspecified atom stereocenters. The number of hydrogen-bond acceptors (Lipinski definition) is 3. The van der Waals surface area contributed by atoms with Crippen LogP contribution in [-0.2, 0) is 0 Å². The minimum Gasteiger partial charge on any atom is -0.433 e. The average molecular weight is 358 g/mol. The summed E-state index contributed by atoms with van der Waals surface area (Å²) in [4.78, 5) is 19.6. The molecule has 2 aromatic carbocycles. The fourth-order valence-electron chi connectivity index (χ4n) is 3.40. The van der Waals surface area contributed by atoms with Crippen molar-refractivity contribution in [2.45, 2.75) is 27.2 Å². The first-order chi connectivity index (χ1) is 13.1. The number of carbonyl (C=O) groups excluding carboxylic acids is 1. The Labute approximate surface area is 158 Å². The molecular weight excluding hydrogens is 336 g/mol. The van der Waals surface area contributed by atoms with Gasteiger partial charge in [-0.05, 0) is 55.7 Å². The fraction of sp³-hybridized carbons (Fsp3) is 0.217. The molecule has 0 saturated heterocycles. The van der Waals surface area contributed by atoms with Crippen molar-refractivity contribution >= 4 is 33.6 Å². The first kappa shape index (κ1) is 17.3. The van der Waals surface area contributed by atoms with Gasteiger partial charge >= 0.3 is 0 Å². The van der Waals surface area contributed by atoms with Crippen LogP contribution >= 0.6 is 0 Å². The summed E-state index contributed by atoms with van der Waals surface area (Å²) >= 11 is 0. The van der Waals surface area contributed by atoms with Gasteiger partial charge in [-0.2, -0.15) is 0 Å². The summed E-state index contributed by atoms with van der Waals surface area (Å²) in [6.07, 6.45) is 0.863. The van der Waals surface area contributed by atoms with Gasteiger partial charge in [-0.15, -0.1) is 0 Å². The summed E-state index contributed by atoms with van der Waals surface area (Å²) in [5.41, 5.74) is 4.50. The third-order valence-electron chi connectivity index (χ3n) is 4.77. The van der Waals surface area contributed by atoms with Gasteiger partial charge in [0, 0.05) is 23.0 Å². The number of rotatable bonds is 4. The second-order valence-electron chi connectivity index (χ2n) is 6.93. The van der Waals surface area contributed by atoms with Crippen molar-refractivity contribution in [3.05, 3.63) is 71.5 Å². The van der Waals surface area contributed by atoms with Gasteiger partial charge in [-0.1, -0.05) is 37.3 Å². The molecule has 27 heavy (non-hydrogen) atoms. The number of aryl methyl sites for hydroxylation is 2. The molecule has 1 amide bonds. The number of pyridine rings is 1. The van der Waals surface area contributed by atoms with E-state index in [1.165, 1.54) is 0 Å². The third-order valence-corrected chi connectivity index (χ3v) is 4.77. The largest absolute Gasteiger partial charge is 0.433 e. The Balaban J connectivity index is 1.78. The maximum absolute atomic E-state index is 13.2. The zero-order valence-electron chi connectivity index (χ0n) is 15.8. The minimum absolute atomic E-state index is 0.135. The van der Waals surface area contributed by atoms with Crippen LogP contribution in [0.15, 0.2) is 59.0 Å². The van der Waals surface area contributed by atoms with Crippen molar-refractivity contribution < 1.29 is 9.21 Å². The van der Waals surface area contributed by atoms with Gasteiger partial charge in [0.1, 0.15) is 0 Å². The Morgan fingerprint density at radius 3 is 2.63 bits per heavy atom. The number of amides is 1. The van der Waals surface area contributed by atoms with Crippen molar-refractivity contribution in [1.82, 2.24) is 4.98 Å². The molecule has 0 bridgehead atoms. The lowest BCUT2D eigenvalue weighted by Gasteiger charge is -2.22. The molecule has 0 aliphatic carbocycles. The number of benzene rings is 2. The molecule has 4 nitrogen and oxygen atoms in total. The van der Waals surface area contributed by atoms with Crippen LogP contribution in [0, 0.1) is 13.8 Å². The van der Waals surface area contributed by atoms with Crippen LogP contribution in [-0.4, -0.2) is 17.4 Å². The molecule has 0 aliphatic heterocycles. The molecular formula is C23H22N2O2. The molecule has 0 radical (unpaired) electrons. The summed E-state index contributed by atoms with van der Waals surface area (Å²) in [6.45, 7) is 6.75. The van der Waals surface area contributed by atoms with E-state index in [1.54, 1.807) is 11.0 Å². The first-order valence-electron chi connectivity index (χ1n) is 9.25. The smallest absolute Gasteiger partial charge is 0.294 e. The average Bonchev–Trinajstić information content (AvgIpc) is 3.07. The van der Waals surface area contributed by atoms with Crippen molar-refractivity contribution in [3.8, 4) is 0 Å². The van der Waals surface area contributed by atoms with Crippen molar-refractivity contribution in [2.24, 2.45) is 0 Å². The molecule has 0 aliphatic rings. The predicted molar refractivity (Wildman–Crippen MR) is 109 cm³/mol. The molecule has 136 valence electrons. The number of aromatic nitrogens is 1. The molecule has 2 heterocycles. The number of hydrogen-bond donors (Lipinski definition) is 0. The lowest BCUT2D eigenvalue weighted by Crippen LogP contribution is -2.31. The van der Waals surface area contributed by atoms with Gasteiger partial charge in [0.2, 0.25) is 5.71 Å². The lowest BCUT2D eigenvalue weighted by atomic mass is 10.1. The minimum atomic E-state index is -0.135. The number of para-hydroxylation sites is 1. The number of anilines is 1. The lowest BCUT2D eigenvalue weighted by molar-refractivity contribution is 0.0962. The van der Waals surface area contributed by atoms with Crippen LogP contribution in [0.5, 0.6) is 0 Å². The van der Waals surface area contributed by atoms with E-state index in [4.69, 9.17) is 4.42 Å². The Kier molecular flexibility index (Phi) is 4.40.